The maximum Gasteiger partial charge on any atom is 0.228 e. The highest BCUT2D eigenvalue weighted by Gasteiger charge is 2.59. The highest BCUT2D eigenvalue weighted by Crippen LogP contribution is 2.65. The Morgan fingerprint density at radius 3 is 2.30 bits per heavy atom. The van der Waals surface area contributed by atoms with E-state index < -0.39 is 0 Å². The van der Waals surface area contributed by atoms with E-state index in [2.05, 4.69) is 18.7 Å². The van der Waals surface area contributed by atoms with E-state index in [1.807, 2.05) is 0 Å². The molecule has 4 bridgehead atoms. The predicted octanol–water partition coefficient (Wildman–Crippen LogP) is 2.40. The van der Waals surface area contributed by atoms with Gasteiger partial charge < -0.3 is 10.6 Å². The summed E-state index contributed by atoms with van der Waals surface area (Å²) in [5, 5.41) is 0. The Morgan fingerprint density at radius 2 is 1.80 bits per heavy atom. The van der Waals surface area contributed by atoms with Gasteiger partial charge in [0.1, 0.15) is 0 Å². The molecule has 5 rings (SSSR count). The molecule has 3 nitrogen and oxygen atoms in total. The molecule has 5 fully saturated rings. The number of hydrogen-bond donors (Lipinski definition) is 1. The Bertz CT molecular complexity index is 422. The molecule has 1 saturated heterocycles. The fourth-order valence-corrected chi connectivity index (χ4v) is 6.46. The zero-order valence-electron chi connectivity index (χ0n) is 12.9. The molecular weight excluding hydrogens is 248 g/mol. The average molecular weight is 276 g/mol. The van der Waals surface area contributed by atoms with E-state index in [1.54, 1.807) is 0 Å². The molecule has 0 aromatic carbocycles. The summed E-state index contributed by atoms with van der Waals surface area (Å²) in [4.78, 5) is 15.3. The van der Waals surface area contributed by atoms with Gasteiger partial charge in [-0.15, -0.1) is 0 Å². The van der Waals surface area contributed by atoms with Gasteiger partial charge in [0.2, 0.25) is 5.91 Å². The van der Waals surface area contributed by atoms with Crippen LogP contribution in [0.5, 0.6) is 0 Å². The van der Waals surface area contributed by atoms with Crippen molar-refractivity contribution in [3.05, 3.63) is 0 Å². The largest absolute Gasteiger partial charge is 0.340 e. The van der Waals surface area contributed by atoms with Crippen LogP contribution in [0, 0.1) is 28.6 Å². The Labute approximate surface area is 122 Å². The van der Waals surface area contributed by atoms with Crippen LogP contribution in [0.3, 0.4) is 0 Å². The van der Waals surface area contributed by atoms with Crippen LogP contribution >= 0.6 is 0 Å². The van der Waals surface area contributed by atoms with E-state index in [9.17, 15) is 4.79 Å². The van der Waals surface area contributed by atoms with E-state index in [0.29, 0.717) is 17.2 Å². The highest BCUT2D eigenvalue weighted by atomic mass is 16.2. The van der Waals surface area contributed by atoms with Gasteiger partial charge in [-0.3, -0.25) is 4.79 Å². The maximum atomic E-state index is 13.2. The van der Waals surface area contributed by atoms with Crippen molar-refractivity contribution in [2.24, 2.45) is 34.3 Å². The van der Waals surface area contributed by atoms with Crippen molar-refractivity contribution >= 4 is 5.91 Å². The fourth-order valence-electron chi connectivity index (χ4n) is 6.46. The number of nitrogens with zero attached hydrogens (tertiary/aromatic N) is 1. The van der Waals surface area contributed by atoms with E-state index in [1.165, 1.54) is 19.3 Å². The summed E-state index contributed by atoms with van der Waals surface area (Å²) in [5.74, 6) is 2.55. The summed E-state index contributed by atoms with van der Waals surface area (Å²) >= 11 is 0. The van der Waals surface area contributed by atoms with E-state index >= 15 is 0 Å². The minimum absolute atomic E-state index is 0.0113. The fraction of sp³-hybridized carbons (Fsp3) is 0.941. The van der Waals surface area contributed by atoms with Crippen molar-refractivity contribution in [3.63, 3.8) is 0 Å². The van der Waals surface area contributed by atoms with Gasteiger partial charge in [-0.25, -0.2) is 0 Å². The van der Waals surface area contributed by atoms with Crippen molar-refractivity contribution in [2.45, 2.75) is 58.4 Å². The zero-order chi connectivity index (χ0) is 14.1. The van der Waals surface area contributed by atoms with Gasteiger partial charge >= 0.3 is 0 Å². The van der Waals surface area contributed by atoms with E-state index in [0.717, 1.165) is 44.2 Å². The standard InChI is InChI=1S/C17H28N2O/c1-11-8-19(9-14(11)18)15(20)17-6-12-3-13(7-17)5-16(2,4-12)10-17/h11-14H,3-10,18H2,1-2H3. The molecule has 4 atom stereocenters. The normalized spacial score (nSPS) is 53.6. The van der Waals surface area contributed by atoms with Gasteiger partial charge in [0, 0.05) is 19.1 Å². The Hall–Kier alpha value is -0.570. The first kappa shape index (κ1) is 13.1. The maximum absolute atomic E-state index is 13.2. The molecule has 20 heavy (non-hydrogen) atoms. The van der Waals surface area contributed by atoms with Crippen LogP contribution in [-0.2, 0) is 4.79 Å². The molecule has 0 aromatic heterocycles. The minimum atomic E-state index is -0.0113. The second-order valence-electron chi connectivity index (χ2n) is 8.90. The molecule has 2 N–H and O–H groups in total. The quantitative estimate of drug-likeness (QED) is 0.799. The van der Waals surface area contributed by atoms with Gasteiger partial charge in [-0.1, -0.05) is 13.8 Å². The second-order valence-corrected chi connectivity index (χ2v) is 8.90. The summed E-state index contributed by atoms with van der Waals surface area (Å²) in [6, 6.07) is 0.184. The van der Waals surface area contributed by atoms with Crippen LogP contribution in [-0.4, -0.2) is 29.9 Å². The van der Waals surface area contributed by atoms with Crippen molar-refractivity contribution in [3.8, 4) is 0 Å². The summed E-state index contributed by atoms with van der Waals surface area (Å²) < 4.78 is 0. The van der Waals surface area contributed by atoms with Gasteiger partial charge in [0.05, 0.1) is 5.41 Å². The van der Waals surface area contributed by atoms with Crippen LogP contribution in [0.1, 0.15) is 52.4 Å². The van der Waals surface area contributed by atoms with E-state index in [4.69, 9.17) is 5.73 Å². The lowest BCUT2D eigenvalue weighted by Crippen LogP contribution is -2.57. The number of rotatable bonds is 1. The average Bonchev–Trinajstić information content (AvgIpc) is 2.65. The molecule has 1 aliphatic heterocycles. The molecular formula is C17H28N2O. The first-order chi connectivity index (χ1) is 9.39. The number of amides is 1. The number of carbonyl (C=O) groups excluding carboxylic acids is 1. The van der Waals surface area contributed by atoms with Crippen molar-refractivity contribution in [2.75, 3.05) is 13.1 Å². The Balaban J connectivity index is 1.60. The molecule has 1 heterocycles. The van der Waals surface area contributed by atoms with Crippen LogP contribution in [0.25, 0.3) is 0 Å². The van der Waals surface area contributed by atoms with Crippen molar-refractivity contribution < 1.29 is 4.79 Å². The van der Waals surface area contributed by atoms with Gasteiger partial charge in [-0.05, 0) is 61.7 Å². The third-order valence-electron chi connectivity index (χ3n) is 6.76. The van der Waals surface area contributed by atoms with Gasteiger partial charge in [-0.2, -0.15) is 0 Å². The zero-order valence-corrected chi connectivity index (χ0v) is 12.9. The van der Waals surface area contributed by atoms with Crippen molar-refractivity contribution in [1.29, 1.82) is 0 Å². The van der Waals surface area contributed by atoms with Gasteiger partial charge in [0.25, 0.3) is 0 Å². The molecule has 0 aromatic rings. The molecule has 3 heteroatoms. The topological polar surface area (TPSA) is 46.3 Å². The number of carbonyl (C=O) groups is 1. The van der Waals surface area contributed by atoms with Crippen molar-refractivity contribution in [1.82, 2.24) is 4.90 Å². The highest BCUT2D eigenvalue weighted by molar-refractivity contribution is 5.83. The molecule has 5 aliphatic rings. The van der Waals surface area contributed by atoms with Gasteiger partial charge in [0.15, 0.2) is 0 Å². The summed E-state index contributed by atoms with van der Waals surface area (Å²) in [6.07, 6.45) is 7.60. The van der Waals surface area contributed by atoms with Crippen LogP contribution in [0.2, 0.25) is 0 Å². The number of nitrogens with two attached hydrogens (primary N) is 1. The lowest BCUT2D eigenvalue weighted by atomic mass is 9.44. The predicted molar refractivity (Wildman–Crippen MR) is 78.9 cm³/mol. The van der Waals surface area contributed by atoms with Crippen LogP contribution < -0.4 is 5.73 Å². The van der Waals surface area contributed by atoms with E-state index in [-0.39, 0.29) is 11.5 Å². The molecule has 0 radical (unpaired) electrons. The lowest BCUT2D eigenvalue weighted by Gasteiger charge is -2.61. The molecule has 4 unspecified atom stereocenters. The molecule has 0 spiro atoms. The van der Waals surface area contributed by atoms with Crippen LogP contribution in [0.4, 0.5) is 0 Å². The van der Waals surface area contributed by atoms with Crippen LogP contribution in [0.15, 0.2) is 0 Å². The SMILES string of the molecule is CC1CN(C(=O)C23CC4CC(CC(C)(C4)C2)C3)CC1N. The third-order valence-corrected chi connectivity index (χ3v) is 6.76. The molecule has 1 amide bonds. The minimum Gasteiger partial charge on any atom is -0.340 e. The lowest BCUT2D eigenvalue weighted by molar-refractivity contribution is -0.165. The third kappa shape index (κ3) is 1.78. The number of hydrogen-bond acceptors (Lipinski definition) is 2. The molecule has 112 valence electrons. The monoisotopic (exact) mass is 276 g/mol. The molecule has 4 saturated carbocycles. The first-order valence-electron chi connectivity index (χ1n) is 8.44. The molecule has 4 aliphatic carbocycles. The summed E-state index contributed by atoms with van der Waals surface area (Å²) in [6.45, 7) is 6.28. The Morgan fingerprint density at radius 1 is 1.15 bits per heavy atom. The Kier molecular flexibility index (Phi) is 2.62. The summed E-state index contributed by atoms with van der Waals surface area (Å²) in [7, 11) is 0. The number of likely N-dealkylation sites (tertiary alicyclic amines) is 1. The first-order valence-corrected chi connectivity index (χ1v) is 8.44. The second kappa shape index (κ2) is 4.00. The smallest absolute Gasteiger partial charge is 0.228 e. The summed E-state index contributed by atoms with van der Waals surface area (Å²) in [5.41, 5.74) is 6.57.